The molecule has 0 aromatic heterocycles. The van der Waals surface area contributed by atoms with Gasteiger partial charge in [-0.1, -0.05) is 48.5 Å². The van der Waals surface area contributed by atoms with E-state index >= 15 is 0 Å². The molecule has 3 aliphatic heterocycles. The van der Waals surface area contributed by atoms with Gasteiger partial charge in [0.1, 0.15) is 5.54 Å². The lowest BCUT2D eigenvalue weighted by Crippen LogP contribution is -2.67. The van der Waals surface area contributed by atoms with Crippen molar-refractivity contribution in [2.24, 2.45) is 11.8 Å². The van der Waals surface area contributed by atoms with Crippen LogP contribution in [0.2, 0.25) is 0 Å². The third-order valence-electron chi connectivity index (χ3n) is 6.88. The van der Waals surface area contributed by atoms with Crippen LogP contribution in [0.5, 0.6) is 0 Å². The fourth-order valence-corrected chi connectivity index (χ4v) is 5.64. The van der Waals surface area contributed by atoms with Crippen molar-refractivity contribution in [3.63, 3.8) is 0 Å². The first-order valence-electron chi connectivity index (χ1n) is 10.6. The molecule has 5 rings (SSSR count). The van der Waals surface area contributed by atoms with Gasteiger partial charge in [0.25, 0.3) is 0 Å². The number of rotatable bonds is 4. The Kier molecular flexibility index (Phi) is 4.82. The summed E-state index contributed by atoms with van der Waals surface area (Å²) in [6.45, 7) is 0.788. The number of nitrogens with zero attached hydrogens (tertiary/aromatic N) is 2. The second-order valence-electron chi connectivity index (χ2n) is 8.33. The molecule has 3 amide bonds. The zero-order valence-corrected chi connectivity index (χ0v) is 17.6. The SMILES string of the molecule is COC(=O)C[C@]12C(=O)NCCN1[C@H](c1ccccc1)[C@H]1C(=O)N(c3ccccc3)C(=O)[C@H]12. The first-order valence-corrected chi connectivity index (χ1v) is 10.6. The van der Waals surface area contributed by atoms with Crippen molar-refractivity contribution < 1.29 is 23.9 Å². The van der Waals surface area contributed by atoms with Gasteiger partial charge in [0.15, 0.2) is 0 Å². The lowest BCUT2D eigenvalue weighted by molar-refractivity contribution is -0.154. The van der Waals surface area contributed by atoms with Crippen molar-refractivity contribution in [2.75, 3.05) is 25.1 Å². The molecule has 0 radical (unpaired) electrons. The number of para-hydroxylation sites is 1. The molecule has 164 valence electrons. The van der Waals surface area contributed by atoms with Crippen molar-refractivity contribution in [3.8, 4) is 0 Å². The quantitative estimate of drug-likeness (QED) is 0.577. The number of esters is 1. The third kappa shape index (κ3) is 2.72. The Bertz CT molecular complexity index is 1090. The van der Waals surface area contributed by atoms with Gasteiger partial charge in [-0.15, -0.1) is 0 Å². The maximum Gasteiger partial charge on any atom is 0.307 e. The second-order valence-corrected chi connectivity index (χ2v) is 8.33. The number of benzene rings is 2. The van der Waals surface area contributed by atoms with Crippen LogP contribution in [-0.4, -0.2) is 54.3 Å². The maximum atomic E-state index is 13.8. The summed E-state index contributed by atoms with van der Waals surface area (Å²) in [5.41, 5.74) is -0.202. The highest BCUT2D eigenvalue weighted by molar-refractivity contribution is 6.24. The number of carbonyl (C=O) groups is 4. The van der Waals surface area contributed by atoms with Gasteiger partial charge >= 0.3 is 5.97 Å². The maximum absolute atomic E-state index is 13.8. The van der Waals surface area contributed by atoms with E-state index in [1.165, 1.54) is 12.0 Å². The molecule has 3 heterocycles. The summed E-state index contributed by atoms with van der Waals surface area (Å²) < 4.78 is 4.91. The smallest absolute Gasteiger partial charge is 0.307 e. The first-order chi connectivity index (χ1) is 15.5. The number of amides is 3. The average Bonchev–Trinajstić information content (AvgIpc) is 3.26. The van der Waals surface area contributed by atoms with E-state index in [0.29, 0.717) is 18.8 Å². The molecular weight excluding hydrogens is 410 g/mol. The van der Waals surface area contributed by atoms with Crippen LogP contribution in [0.15, 0.2) is 60.7 Å². The van der Waals surface area contributed by atoms with E-state index in [9.17, 15) is 19.2 Å². The van der Waals surface area contributed by atoms with Crippen LogP contribution in [0.1, 0.15) is 18.0 Å². The average molecular weight is 433 g/mol. The minimum Gasteiger partial charge on any atom is -0.469 e. The standard InChI is InChI=1S/C24H23N3O5/c1-32-17(28)14-24-19-18(21(29)27(22(19)30)16-10-6-3-7-11-16)20(15-8-4-2-5-9-15)26(24)13-12-25-23(24)31/h2-11,18-20H,12-14H2,1H3,(H,25,31)/t18-,19-,20+,24-/m0/s1. The Hall–Kier alpha value is -3.52. The summed E-state index contributed by atoms with van der Waals surface area (Å²) in [7, 11) is 1.25. The van der Waals surface area contributed by atoms with Crippen LogP contribution in [0, 0.1) is 11.8 Å². The molecule has 4 atom stereocenters. The minimum absolute atomic E-state index is 0.304. The molecule has 3 saturated heterocycles. The van der Waals surface area contributed by atoms with E-state index < -0.39 is 41.2 Å². The molecule has 2 aromatic rings. The Morgan fingerprint density at radius 1 is 1.03 bits per heavy atom. The molecular formula is C24H23N3O5. The van der Waals surface area contributed by atoms with E-state index in [-0.39, 0.29) is 12.3 Å². The Balaban J connectivity index is 1.71. The minimum atomic E-state index is -1.49. The number of carbonyl (C=O) groups excluding carboxylic acids is 4. The predicted octanol–water partition coefficient (Wildman–Crippen LogP) is 1.28. The molecule has 0 saturated carbocycles. The molecule has 0 spiro atoms. The monoisotopic (exact) mass is 433 g/mol. The van der Waals surface area contributed by atoms with E-state index in [1.54, 1.807) is 30.3 Å². The van der Waals surface area contributed by atoms with Crippen molar-refractivity contribution in [2.45, 2.75) is 18.0 Å². The third-order valence-corrected chi connectivity index (χ3v) is 6.88. The van der Waals surface area contributed by atoms with Gasteiger partial charge in [-0.05, 0) is 17.7 Å². The Labute approximate surface area is 185 Å². The van der Waals surface area contributed by atoms with Gasteiger partial charge < -0.3 is 10.1 Å². The summed E-state index contributed by atoms with van der Waals surface area (Å²) in [6, 6.07) is 17.6. The number of nitrogens with one attached hydrogen (secondary N) is 1. The molecule has 3 aliphatic rings. The van der Waals surface area contributed by atoms with Gasteiger partial charge in [-0.3, -0.25) is 24.1 Å². The van der Waals surface area contributed by atoms with E-state index in [1.807, 2.05) is 35.2 Å². The van der Waals surface area contributed by atoms with Crippen LogP contribution in [-0.2, 0) is 23.9 Å². The lowest BCUT2D eigenvalue weighted by Gasteiger charge is -2.45. The number of imide groups is 1. The van der Waals surface area contributed by atoms with Crippen molar-refractivity contribution in [1.82, 2.24) is 10.2 Å². The number of ether oxygens (including phenoxy) is 1. The zero-order valence-electron chi connectivity index (χ0n) is 17.6. The topological polar surface area (TPSA) is 96.0 Å². The van der Waals surface area contributed by atoms with E-state index in [0.717, 1.165) is 5.56 Å². The predicted molar refractivity (Wildman–Crippen MR) is 114 cm³/mol. The van der Waals surface area contributed by atoms with Crippen LogP contribution in [0.3, 0.4) is 0 Å². The first kappa shape index (κ1) is 20.4. The van der Waals surface area contributed by atoms with Crippen molar-refractivity contribution in [1.29, 1.82) is 0 Å². The van der Waals surface area contributed by atoms with Gasteiger partial charge in [0.05, 0.1) is 31.1 Å². The Morgan fingerprint density at radius 2 is 1.69 bits per heavy atom. The number of methoxy groups -OCH3 is 1. The number of hydrogen-bond acceptors (Lipinski definition) is 6. The highest BCUT2D eigenvalue weighted by Gasteiger charge is 2.73. The number of fused-ring (bicyclic) bond motifs is 3. The summed E-state index contributed by atoms with van der Waals surface area (Å²) in [5.74, 6) is -3.63. The summed E-state index contributed by atoms with van der Waals surface area (Å²) in [4.78, 5) is 56.5. The molecule has 0 unspecified atom stereocenters. The number of piperazine rings is 1. The molecule has 3 fully saturated rings. The van der Waals surface area contributed by atoms with Gasteiger partial charge in [0, 0.05) is 19.1 Å². The van der Waals surface area contributed by atoms with E-state index in [2.05, 4.69) is 5.32 Å². The second kappa shape index (κ2) is 7.56. The summed E-state index contributed by atoms with van der Waals surface area (Å²) >= 11 is 0. The molecule has 1 N–H and O–H groups in total. The number of anilines is 1. The molecule has 32 heavy (non-hydrogen) atoms. The van der Waals surface area contributed by atoms with Gasteiger partial charge in [0.2, 0.25) is 17.7 Å². The molecule has 0 bridgehead atoms. The molecule has 8 heteroatoms. The van der Waals surface area contributed by atoms with Gasteiger partial charge in [-0.2, -0.15) is 0 Å². The van der Waals surface area contributed by atoms with Crippen LogP contribution >= 0.6 is 0 Å². The summed E-state index contributed by atoms with van der Waals surface area (Å²) in [5, 5.41) is 2.83. The highest BCUT2D eigenvalue weighted by atomic mass is 16.5. The van der Waals surface area contributed by atoms with Gasteiger partial charge in [-0.25, -0.2) is 4.90 Å². The fraction of sp³-hybridized carbons (Fsp3) is 0.333. The Morgan fingerprint density at radius 3 is 2.34 bits per heavy atom. The largest absolute Gasteiger partial charge is 0.469 e. The van der Waals surface area contributed by atoms with Crippen molar-refractivity contribution in [3.05, 3.63) is 66.2 Å². The zero-order chi connectivity index (χ0) is 22.5. The fourth-order valence-electron chi connectivity index (χ4n) is 5.64. The lowest BCUT2D eigenvalue weighted by atomic mass is 9.76. The van der Waals surface area contributed by atoms with Crippen LogP contribution < -0.4 is 10.2 Å². The van der Waals surface area contributed by atoms with Crippen molar-refractivity contribution >= 4 is 29.4 Å². The van der Waals surface area contributed by atoms with Crippen LogP contribution in [0.4, 0.5) is 5.69 Å². The normalized spacial score (nSPS) is 29.5. The van der Waals surface area contributed by atoms with Crippen LogP contribution in [0.25, 0.3) is 0 Å². The highest BCUT2D eigenvalue weighted by Crippen LogP contribution is 2.57. The molecule has 8 nitrogen and oxygen atoms in total. The van der Waals surface area contributed by atoms with E-state index in [4.69, 9.17) is 4.74 Å². The summed E-state index contributed by atoms with van der Waals surface area (Å²) in [6.07, 6.45) is -0.304. The molecule has 0 aliphatic carbocycles. The molecule has 2 aromatic carbocycles. The number of hydrogen-bond donors (Lipinski definition) is 1.